The lowest BCUT2D eigenvalue weighted by atomic mass is 10.4. The third kappa shape index (κ3) is 4.09. The van der Waals surface area contributed by atoms with Crippen molar-refractivity contribution in [3.05, 3.63) is 0 Å². The van der Waals surface area contributed by atoms with Gasteiger partial charge in [-0.05, 0) is 20.9 Å². The van der Waals surface area contributed by atoms with Crippen LogP contribution < -0.4 is 5.32 Å². The van der Waals surface area contributed by atoms with Crippen molar-refractivity contribution in [1.82, 2.24) is 5.32 Å². The predicted molar refractivity (Wildman–Crippen MR) is 35.0 cm³/mol. The molecule has 0 aliphatic carbocycles. The Morgan fingerprint density at radius 1 is 1.62 bits per heavy atom. The van der Waals surface area contributed by atoms with Crippen LogP contribution in [0.25, 0.3) is 0 Å². The summed E-state index contributed by atoms with van der Waals surface area (Å²) in [5.41, 5.74) is 0. The predicted octanol–water partition coefficient (Wildman–Crippen LogP) is 0.631. The fourth-order valence-electron chi connectivity index (χ4n) is 0.378. The van der Waals surface area contributed by atoms with Crippen molar-refractivity contribution in [3.8, 4) is 0 Å². The molecule has 1 atom stereocenters. The molecular formula is C6H15NO. The highest BCUT2D eigenvalue weighted by molar-refractivity contribution is 4.52. The molecule has 0 radical (unpaired) electrons. The molecule has 0 amide bonds. The van der Waals surface area contributed by atoms with E-state index >= 15 is 0 Å². The molecule has 1 N–H and O–H groups in total. The van der Waals surface area contributed by atoms with Gasteiger partial charge in [-0.25, -0.2) is 0 Å². The van der Waals surface area contributed by atoms with Crippen LogP contribution in [0.3, 0.4) is 0 Å². The van der Waals surface area contributed by atoms with E-state index in [2.05, 4.69) is 12.2 Å². The summed E-state index contributed by atoms with van der Waals surface area (Å²) < 4.78 is 5.12. The summed E-state index contributed by atoms with van der Waals surface area (Å²) in [6, 6.07) is 0.481. The first-order valence-electron chi connectivity index (χ1n) is 3.06. The van der Waals surface area contributed by atoms with E-state index in [1.165, 1.54) is 0 Å². The van der Waals surface area contributed by atoms with Gasteiger partial charge >= 0.3 is 0 Å². The van der Waals surface area contributed by atoms with Crippen molar-refractivity contribution < 1.29 is 4.74 Å². The minimum absolute atomic E-state index is 0.481. The molecule has 0 saturated carbocycles. The van der Waals surface area contributed by atoms with Crippen LogP contribution in [-0.4, -0.2) is 26.3 Å². The third-order valence-corrected chi connectivity index (χ3v) is 1.06. The van der Waals surface area contributed by atoms with Gasteiger partial charge in [-0.3, -0.25) is 0 Å². The Balaban J connectivity index is 2.86. The van der Waals surface area contributed by atoms with Gasteiger partial charge in [0.15, 0.2) is 0 Å². The molecule has 0 aliphatic heterocycles. The Morgan fingerprint density at radius 2 is 2.25 bits per heavy atom. The maximum absolute atomic E-state index is 5.12. The molecule has 50 valence electrons. The number of nitrogens with one attached hydrogen (secondary N) is 1. The van der Waals surface area contributed by atoms with Crippen LogP contribution in [0.15, 0.2) is 0 Å². The average molecular weight is 117 g/mol. The zero-order valence-corrected chi connectivity index (χ0v) is 5.90. The molecule has 0 aromatic rings. The maximum Gasteiger partial charge on any atom is 0.0616 e. The molecule has 0 heterocycles. The highest BCUT2D eigenvalue weighted by Crippen LogP contribution is 1.80. The molecule has 2 heteroatoms. The summed E-state index contributed by atoms with van der Waals surface area (Å²) >= 11 is 0. The molecular weight excluding hydrogens is 102 g/mol. The number of hydrogen-bond acceptors (Lipinski definition) is 2. The smallest absolute Gasteiger partial charge is 0.0616 e. The van der Waals surface area contributed by atoms with Gasteiger partial charge in [0.25, 0.3) is 0 Å². The summed E-state index contributed by atoms with van der Waals surface area (Å²) in [5.74, 6) is 0. The summed E-state index contributed by atoms with van der Waals surface area (Å²) in [4.78, 5) is 0. The molecule has 0 spiro atoms. The van der Waals surface area contributed by atoms with E-state index in [9.17, 15) is 0 Å². The average Bonchev–Trinajstić information content (AvgIpc) is 1.83. The molecule has 0 aliphatic rings. The SMILES string of the molecule is CCOC[C@@H](C)NC. The van der Waals surface area contributed by atoms with E-state index in [1.54, 1.807) is 0 Å². The van der Waals surface area contributed by atoms with Gasteiger partial charge in [-0.15, -0.1) is 0 Å². The third-order valence-electron chi connectivity index (χ3n) is 1.06. The lowest BCUT2D eigenvalue weighted by Crippen LogP contribution is -2.26. The molecule has 0 fully saturated rings. The van der Waals surface area contributed by atoms with Gasteiger partial charge in [0.1, 0.15) is 0 Å². The van der Waals surface area contributed by atoms with Gasteiger partial charge in [0.2, 0.25) is 0 Å². The van der Waals surface area contributed by atoms with Crippen LogP contribution in [0.1, 0.15) is 13.8 Å². The van der Waals surface area contributed by atoms with E-state index in [-0.39, 0.29) is 0 Å². The zero-order chi connectivity index (χ0) is 6.41. The van der Waals surface area contributed by atoms with E-state index in [0.29, 0.717) is 6.04 Å². The van der Waals surface area contributed by atoms with Crippen LogP contribution in [0, 0.1) is 0 Å². The summed E-state index contributed by atoms with van der Waals surface area (Å²) in [5, 5.41) is 3.07. The van der Waals surface area contributed by atoms with Gasteiger partial charge in [0, 0.05) is 12.6 Å². The van der Waals surface area contributed by atoms with Gasteiger partial charge in [-0.2, -0.15) is 0 Å². The maximum atomic E-state index is 5.12. The quantitative estimate of drug-likeness (QED) is 0.583. The second-order valence-corrected chi connectivity index (χ2v) is 1.85. The topological polar surface area (TPSA) is 21.3 Å². The molecule has 8 heavy (non-hydrogen) atoms. The normalized spacial score (nSPS) is 13.9. The molecule has 0 aromatic heterocycles. The Morgan fingerprint density at radius 3 is 2.62 bits per heavy atom. The van der Waals surface area contributed by atoms with Crippen LogP contribution in [0.2, 0.25) is 0 Å². The van der Waals surface area contributed by atoms with Crippen molar-refractivity contribution in [2.75, 3.05) is 20.3 Å². The van der Waals surface area contributed by atoms with E-state index in [0.717, 1.165) is 13.2 Å². The molecule has 0 unspecified atom stereocenters. The van der Waals surface area contributed by atoms with Crippen LogP contribution in [0.4, 0.5) is 0 Å². The van der Waals surface area contributed by atoms with Crippen LogP contribution in [0.5, 0.6) is 0 Å². The molecule has 0 saturated heterocycles. The Bertz CT molecular complexity index is 47.8. The van der Waals surface area contributed by atoms with E-state index < -0.39 is 0 Å². The first-order valence-corrected chi connectivity index (χ1v) is 3.06. The first kappa shape index (κ1) is 7.92. The van der Waals surface area contributed by atoms with Crippen molar-refractivity contribution in [2.45, 2.75) is 19.9 Å². The zero-order valence-electron chi connectivity index (χ0n) is 5.90. The molecule has 2 nitrogen and oxygen atoms in total. The van der Waals surface area contributed by atoms with Crippen molar-refractivity contribution in [3.63, 3.8) is 0 Å². The Labute approximate surface area is 51.2 Å². The fraction of sp³-hybridized carbons (Fsp3) is 1.00. The van der Waals surface area contributed by atoms with Gasteiger partial charge in [0.05, 0.1) is 6.61 Å². The highest BCUT2D eigenvalue weighted by Gasteiger charge is 1.93. The van der Waals surface area contributed by atoms with Crippen molar-refractivity contribution in [1.29, 1.82) is 0 Å². The summed E-state index contributed by atoms with van der Waals surface area (Å²) in [7, 11) is 1.93. The second-order valence-electron chi connectivity index (χ2n) is 1.85. The Kier molecular flexibility index (Phi) is 5.01. The number of likely N-dealkylation sites (N-methyl/N-ethyl adjacent to an activating group) is 1. The van der Waals surface area contributed by atoms with Crippen LogP contribution >= 0.6 is 0 Å². The van der Waals surface area contributed by atoms with Gasteiger partial charge < -0.3 is 10.1 Å². The number of hydrogen-bond donors (Lipinski definition) is 1. The minimum atomic E-state index is 0.481. The van der Waals surface area contributed by atoms with E-state index in [4.69, 9.17) is 4.74 Å². The summed E-state index contributed by atoms with van der Waals surface area (Å²) in [6.07, 6.45) is 0. The summed E-state index contributed by atoms with van der Waals surface area (Å²) in [6.45, 7) is 5.72. The largest absolute Gasteiger partial charge is 0.380 e. The second kappa shape index (κ2) is 5.06. The fourth-order valence-corrected chi connectivity index (χ4v) is 0.378. The number of ether oxygens (including phenoxy) is 1. The van der Waals surface area contributed by atoms with Crippen molar-refractivity contribution >= 4 is 0 Å². The number of rotatable bonds is 4. The van der Waals surface area contributed by atoms with Crippen molar-refractivity contribution in [2.24, 2.45) is 0 Å². The lowest BCUT2D eigenvalue weighted by molar-refractivity contribution is 0.129. The van der Waals surface area contributed by atoms with Crippen LogP contribution in [-0.2, 0) is 4.74 Å². The Hall–Kier alpha value is -0.0800. The standard InChI is InChI=1S/C6H15NO/c1-4-8-5-6(2)7-3/h6-7H,4-5H2,1-3H3/t6-/m1/s1. The minimum Gasteiger partial charge on any atom is -0.380 e. The molecule has 0 bridgehead atoms. The van der Waals surface area contributed by atoms with Gasteiger partial charge in [-0.1, -0.05) is 0 Å². The highest BCUT2D eigenvalue weighted by atomic mass is 16.5. The lowest BCUT2D eigenvalue weighted by Gasteiger charge is -2.07. The monoisotopic (exact) mass is 117 g/mol. The van der Waals surface area contributed by atoms with E-state index in [1.807, 2.05) is 14.0 Å². The molecule has 0 aromatic carbocycles. The molecule has 0 rings (SSSR count). The first-order chi connectivity index (χ1) is 3.81.